The van der Waals surface area contributed by atoms with E-state index in [1.54, 1.807) is 18.4 Å². The summed E-state index contributed by atoms with van der Waals surface area (Å²) in [7, 11) is 1.73. The molecule has 1 unspecified atom stereocenters. The number of nitrogens with one attached hydrogen (secondary N) is 3. The molecule has 1 aromatic rings. The topological polar surface area (TPSA) is 78.4 Å². The van der Waals surface area contributed by atoms with Crippen LogP contribution >= 0.6 is 11.3 Å². The highest BCUT2D eigenvalue weighted by atomic mass is 32.1. The molecule has 6 nitrogen and oxygen atoms in total. The predicted molar refractivity (Wildman–Crippen MR) is 97.2 cm³/mol. The Morgan fingerprint density at radius 1 is 1.30 bits per heavy atom. The molecule has 1 heterocycles. The van der Waals surface area contributed by atoms with E-state index in [-0.39, 0.29) is 11.9 Å². The van der Waals surface area contributed by atoms with Crippen molar-refractivity contribution < 1.29 is 4.79 Å². The number of rotatable bonds is 8. The largest absolute Gasteiger partial charge is 0.356 e. The van der Waals surface area contributed by atoms with Crippen LogP contribution in [0, 0.1) is 13.8 Å². The number of amides is 1. The molecule has 23 heavy (non-hydrogen) atoms. The maximum Gasteiger partial charge on any atom is 0.221 e. The second-order valence-corrected chi connectivity index (χ2v) is 6.84. The number of thiazole rings is 1. The molecule has 1 amide bonds. The van der Waals surface area contributed by atoms with Gasteiger partial charge in [-0.25, -0.2) is 4.98 Å². The van der Waals surface area contributed by atoms with Crippen LogP contribution in [0.1, 0.15) is 42.3 Å². The highest BCUT2D eigenvalue weighted by Crippen LogP contribution is 2.16. The highest BCUT2D eigenvalue weighted by Gasteiger charge is 2.06. The minimum absolute atomic E-state index is 0.0658. The molecule has 0 aliphatic heterocycles. The van der Waals surface area contributed by atoms with Gasteiger partial charge in [0, 0.05) is 43.9 Å². The van der Waals surface area contributed by atoms with E-state index in [2.05, 4.69) is 39.8 Å². The summed E-state index contributed by atoms with van der Waals surface area (Å²) in [6.07, 6.45) is 2.25. The second-order valence-electron chi connectivity index (χ2n) is 5.55. The minimum atomic E-state index is 0.0658. The molecule has 1 atom stereocenters. The number of aryl methyl sites for hydroxylation is 2. The van der Waals surface area contributed by atoms with E-state index in [1.165, 1.54) is 4.88 Å². The van der Waals surface area contributed by atoms with E-state index < -0.39 is 0 Å². The van der Waals surface area contributed by atoms with Crippen LogP contribution in [0.5, 0.6) is 0 Å². The van der Waals surface area contributed by atoms with Gasteiger partial charge in [-0.1, -0.05) is 6.92 Å². The Kier molecular flexibility index (Phi) is 8.61. The molecule has 0 aliphatic rings. The lowest BCUT2D eigenvalue weighted by atomic mass is 10.2. The van der Waals surface area contributed by atoms with Crippen molar-refractivity contribution in [1.29, 1.82) is 0 Å². The van der Waals surface area contributed by atoms with Gasteiger partial charge in [-0.05, 0) is 27.2 Å². The molecule has 1 aromatic heterocycles. The van der Waals surface area contributed by atoms with Gasteiger partial charge in [-0.15, -0.1) is 11.3 Å². The van der Waals surface area contributed by atoms with Crippen molar-refractivity contribution in [2.24, 2.45) is 4.99 Å². The van der Waals surface area contributed by atoms with Gasteiger partial charge in [0.15, 0.2) is 5.96 Å². The zero-order chi connectivity index (χ0) is 17.2. The summed E-state index contributed by atoms with van der Waals surface area (Å²) in [6.45, 7) is 9.53. The van der Waals surface area contributed by atoms with Crippen molar-refractivity contribution in [3.63, 3.8) is 0 Å². The van der Waals surface area contributed by atoms with E-state index >= 15 is 0 Å². The predicted octanol–water partition coefficient (Wildman–Crippen LogP) is 1.77. The van der Waals surface area contributed by atoms with Crippen LogP contribution in [-0.4, -0.2) is 43.0 Å². The second kappa shape index (κ2) is 10.2. The van der Waals surface area contributed by atoms with E-state index in [4.69, 9.17) is 0 Å². The summed E-state index contributed by atoms with van der Waals surface area (Å²) in [5, 5.41) is 10.5. The molecule has 0 aliphatic carbocycles. The molecule has 0 spiro atoms. The lowest BCUT2D eigenvalue weighted by molar-refractivity contribution is -0.121. The van der Waals surface area contributed by atoms with Crippen LogP contribution in [0.25, 0.3) is 0 Å². The molecule has 0 aromatic carbocycles. The smallest absolute Gasteiger partial charge is 0.221 e. The van der Waals surface area contributed by atoms with E-state index in [0.717, 1.165) is 30.1 Å². The summed E-state index contributed by atoms with van der Waals surface area (Å²) in [5.74, 6) is 0.780. The van der Waals surface area contributed by atoms with Crippen molar-refractivity contribution >= 4 is 23.2 Å². The summed E-state index contributed by atoms with van der Waals surface area (Å²) < 4.78 is 0. The SMILES string of the molecule is CCC(C)NC(=O)CCNC(=NC)NCCc1nc(C)c(C)s1. The third kappa shape index (κ3) is 7.45. The van der Waals surface area contributed by atoms with Crippen LogP contribution in [0.2, 0.25) is 0 Å². The fraction of sp³-hybridized carbons (Fsp3) is 0.688. The Labute approximate surface area is 143 Å². The fourth-order valence-corrected chi connectivity index (χ4v) is 2.83. The lowest BCUT2D eigenvalue weighted by Crippen LogP contribution is -2.41. The van der Waals surface area contributed by atoms with Crippen LogP contribution < -0.4 is 16.0 Å². The Morgan fingerprint density at radius 3 is 2.57 bits per heavy atom. The average Bonchev–Trinajstić information content (AvgIpc) is 2.83. The third-order valence-corrected chi connectivity index (χ3v) is 4.72. The molecule has 0 fully saturated rings. The van der Waals surface area contributed by atoms with Crippen LogP contribution in [0.3, 0.4) is 0 Å². The first-order chi connectivity index (χ1) is 11.0. The van der Waals surface area contributed by atoms with Gasteiger partial charge in [-0.2, -0.15) is 0 Å². The first-order valence-electron chi connectivity index (χ1n) is 8.13. The van der Waals surface area contributed by atoms with Crippen molar-refractivity contribution in [2.45, 2.75) is 53.0 Å². The summed E-state index contributed by atoms with van der Waals surface area (Å²) >= 11 is 1.74. The zero-order valence-electron chi connectivity index (χ0n) is 14.8. The molecule has 0 radical (unpaired) electrons. The van der Waals surface area contributed by atoms with E-state index in [9.17, 15) is 4.79 Å². The summed E-state index contributed by atoms with van der Waals surface area (Å²) in [6, 6.07) is 0.227. The minimum Gasteiger partial charge on any atom is -0.356 e. The molecule has 0 saturated heterocycles. The maximum atomic E-state index is 11.7. The Bertz CT molecular complexity index is 507. The Balaban J connectivity index is 2.23. The number of aliphatic imine (C=N–C) groups is 1. The van der Waals surface area contributed by atoms with Gasteiger partial charge in [0.05, 0.1) is 10.7 Å². The normalized spacial score (nSPS) is 12.8. The fourth-order valence-electron chi connectivity index (χ4n) is 1.90. The molecular weight excluding hydrogens is 310 g/mol. The van der Waals surface area contributed by atoms with Crippen LogP contribution in [0.4, 0.5) is 0 Å². The monoisotopic (exact) mass is 339 g/mol. The first-order valence-corrected chi connectivity index (χ1v) is 8.94. The Hall–Kier alpha value is -1.63. The van der Waals surface area contributed by atoms with Crippen LogP contribution in [0.15, 0.2) is 4.99 Å². The molecule has 3 N–H and O–H groups in total. The summed E-state index contributed by atoms with van der Waals surface area (Å²) in [5.41, 5.74) is 1.11. The number of guanidine groups is 1. The number of hydrogen-bond acceptors (Lipinski definition) is 4. The first kappa shape index (κ1) is 19.4. The van der Waals surface area contributed by atoms with Crippen molar-refractivity contribution in [3.05, 3.63) is 15.6 Å². The molecule has 7 heteroatoms. The number of aromatic nitrogens is 1. The standard InChI is InChI=1S/C16H29N5OS/c1-6-11(2)20-14(22)7-9-18-16(17-5)19-10-8-15-21-12(3)13(4)23-15/h11H,6-10H2,1-5H3,(H,20,22)(H2,17,18,19). The maximum absolute atomic E-state index is 11.7. The van der Waals surface area contributed by atoms with Crippen molar-refractivity contribution in [2.75, 3.05) is 20.1 Å². The van der Waals surface area contributed by atoms with Gasteiger partial charge in [-0.3, -0.25) is 9.79 Å². The number of hydrogen-bond donors (Lipinski definition) is 3. The van der Waals surface area contributed by atoms with Gasteiger partial charge < -0.3 is 16.0 Å². The van der Waals surface area contributed by atoms with Crippen LogP contribution in [-0.2, 0) is 11.2 Å². The summed E-state index contributed by atoms with van der Waals surface area (Å²) in [4.78, 5) is 21.7. The number of carbonyl (C=O) groups is 1. The van der Waals surface area contributed by atoms with Crippen molar-refractivity contribution in [1.82, 2.24) is 20.9 Å². The zero-order valence-corrected chi connectivity index (χ0v) is 15.6. The Morgan fingerprint density at radius 2 is 2.00 bits per heavy atom. The van der Waals surface area contributed by atoms with Gasteiger partial charge in [0.25, 0.3) is 0 Å². The van der Waals surface area contributed by atoms with E-state index in [0.29, 0.717) is 18.9 Å². The molecule has 1 rings (SSSR count). The van der Waals surface area contributed by atoms with E-state index in [1.807, 2.05) is 13.8 Å². The quantitative estimate of drug-likeness (QED) is 0.498. The van der Waals surface area contributed by atoms with Gasteiger partial charge in [0.1, 0.15) is 0 Å². The molecule has 130 valence electrons. The lowest BCUT2D eigenvalue weighted by Gasteiger charge is -2.13. The molecule has 0 saturated carbocycles. The van der Waals surface area contributed by atoms with Gasteiger partial charge in [0.2, 0.25) is 5.91 Å². The number of carbonyl (C=O) groups excluding carboxylic acids is 1. The van der Waals surface area contributed by atoms with Gasteiger partial charge >= 0.3 is 0 Å². The van der Waals surface area contributed by atoms with Crippen molar-refractivity contribution in [3.8, 4) is 0 Å². The molecule has 0 bridgehead atoms. The third-order valence-electron chi connectivity index (χ3n) is 3.59. The molecular formula is C16H29N5OS. The highest BCUT2D eigenvalue weighted by molar-refractivity contribution is 7.11. The average molecular weight is 340 g/mol. The number of nitrogens with zero attached hydrogens (tertiary/aromatic N) is 2.